The first-order valence-corrected chi connectivity index (χ1v) is 11.2. The number of aromatic nitrogens is 2. The van der Waals surface area contributed by atoms with Crippen molar-refractivity contribution >= 4 is 40.5 Å². The van der Waals surface area contributed by atoms with Crippen molar-refractivity contribution in [3.05, 3.63) is 105 Å². The Kier molecular flexibility index (Phi) is 5.64. The topological polar surface area (TPSA) is 50.2 Å². The number of aliphatic imine (C=N–C) groups is 1. The van der Waals surface area contributed by atoms with Crippen molar-refractivity contribution in [2.75, 3.05) is 5.32 Å². The lowest BCUT2D eigenvalue weighted by Gasteiger charge is -2.18. The van der Waals surface area contributed by atoms with E-state index < -0.39 is 0 Å². The van der Waals surface area contributed by atoms with E-state index in [-0.39, 0.29) is 0 Å². The Hall–Kier alpha value is -3.21. The first-order chi connectivity index (χ1) is 15.7. The maximum absolute atomic E-state index is 6.56. The molecule has 1 aliphatic rings. The highest BCUT2D eigenvalue weighted by atomic mass is 35.5. The third-order valence-electron chi connectivity index (χ3n) is 5.57. The van der Waals surface area contributed by atoms with Crippen LogP contribution in [0.1, 0.15) is 29.2 Å². The van der Waals surface area contributed by atoms with Gasteiger partial charge in [0.05, 0.1) is 12.3 Å². The van der Waals surface area contributed by atoms with Crippen molar-refractivity contribution in [2.45, 2.75) is 19.9 Å². The van der Waals surface area contributed by atoms with Crippen molar-refractivity contribution < 1.29 is 0 Å². The zero-order valence-corrected chi connectivity index (χ0v) is 19.0. The monoisotopic (exact) mass is 458 g/mol. The fraction of sp³-hybridized carbons (Fsp3) is 0.115. The van der Waals surface area contributed by atoms with Gasteiger partial charge in [0.2, 0.25) is 0 Å². The van der Waals surface area contributed by atoms with Gasteiger partial charge in [0.15, 0.2) is 0 Å². The van der Waals surface area contributed by atoms with Gasteiger partial charge in [-0.1, -0.05) is 60.5 Å². The third-order valence-corrected chi connectivity index (χ3v) is 6.13. The molecule has 158 valence electrons. The van der Waals surface area contributed by atoms with Crippen LogP contribution in [0.4, 0.5) is 11.6 Å². The van der Waals surface area contributed by atoms with E-state index in [9.17, 15) is 0 Å². The minimum atomic E-state index is 0.506. The lowest BCUT2D eigenvalue weighted by molar-refractivity contribution is 1.02. The minimum Gasteiger partial charge on any atom is -0.325 e. The Morgan fingerprint density at radius 3 is 2.53 bits per heavy atom. The van der Waals surface area contributed by atoms with Gasteiger partial charge in [-0.2, -0.15) is 0 Å². The van der Waals surface area contributed by atoms with Crippen LogP contribution >= 0.6 is 23.2 Å². The van der Waals surface area contributed by atoms with Gasteiger partial charge < -0.3 is 5.32 Å². The molecule has 5 rings (SSSR count). The summed E-state index contributed by atoms with van der Waals surface area (Å²) in [6.45, 7) is 2.64. The summed E-state index contributed by atoms with van der Waals surface area (Å²) in [5, 5.41) is 4.70. The van der Waals surface area contributed by atoms with Crippen molar-refractivity contribution in [2.24, 2.45) is 4.99 Å². The molecule has 0 atom stereocenters. The van der Waals surface area contributed by atoms with Gasteiger partial charge in [-0.25, -0.2) is 9.97 Å². The summed E-state index contributed by atoms with van der Waals surface area (Å²) in [5.41, 5.74) is 7.09. The molecule has 32 heavy (non-hydrogen) atoms. The maximum atomic E-state index is 6.56. The van der Waals surface area contributed by atoms with Crippen molar-refractivity contribution in [1.82, 2.24) is 9.97 Å². The van der Waals surface area contributed by atoms with Crippen LogP contribution < -0.4 is 5.32 Å². The molecular weight excluding hydrogens is 439 g/mol. The molecule has 0 radical (unpaired) electrons. The van der Waals surface area contributed by atoms with Gasteiger partial charge in [-0.15, -0.1) is 0 Å². The molecule has 1 aliphatic heterocycles. The molecule has 0 amide bonds. The first kappa shape index (κ1) is 20.7. The van der Waals surface area contributed by atoms with Crippen LogP contribution in [-0.4, -0.2) is 15.7 Å². The quantitative estimate of drug-likeness (QED) is 0.354. The minimum absolute atomic E-state index is 0.506. The number of rotatable bonds is 4. The van der Waals surface area contributed by atoms with Crippen LogP contribution in [0.2, 0.25) is 10.0 Å². The van der Waals surface area contributed by atoms with Crippen LogP contribution in [-0.2, 0) is 13.0 Å². The number of anilines is 2. The first-order valence-electron chi connectivity index (χ1n) is 10.4. The number of benzene rings is 2. The predicted molar refractivity (Wildman–Crippen MR) is 132 cm³/mol. The summed E-state index contributed by atoms with van der Waals surface area (Å²) in [7, 11) is 0. The van der Waals surface area contributed by atoms with Crippen molar-refractivity contribution in [3.8, 4) is 11.1 Å². The molecule has 0 aliphatic carbocycles. The van der Waals surface area contributed by atoms with E-state index in [1.165, 1.54) is 0 Å². The smallest absolute Gasteiger partial charge is 0.135 e. The molecule has 2 aromatic heterocycles. The van der Waals surface area contributed by atoms with E-state index in [0.29, 0.717) is 16.6 Å². The molecule has 2 aromatic carbocycles. The van der Waals surface area contributed by atoms with Gasteiger partial charge in [-0.05, 0) is 47.9 Å². The predicted octanol–water partition coefficient (Wildman–Crippen LogP) is 7.11. The number of hydrogen-bond donors (Lipinski definition) is 1. The summed E-state index contributed by atoms with van der Waals surface area (Å²) in [5.74, 6) is 1.56. The highest BCUT2D eigenvalue weighted by Gasteiger charge is 2.24. The van der Waals surface area contributed by atoms with E-state index in [1.807, 2.05) is 60.8 Å². The fourth-order valence-electron chi connectivity index (χ4n) is 4.13. The fourth-order valence-corrected chi connectivity index (χ4v) is 4.52. The lowest BCUT2D eigenvalue weighted by Crippen LogP contribution is -2.07. The normalized spacial score (nSPS) is 12.4. The van der Waals surface area contributed by atoms with Gasteiger partial charge >= 0.3 is 0 Å². The molecule has 0 fully saturated rings. The molecule has 1 N–H and O–H groups in total. The number of nitrogens with zero attached hydrogens (tertiary/aromatic N) is 3. The van der Waals surface area contributed by atoms with Gasteiger partial charge in [0.25, 0.3) is 0 Å². The Morgan fingerprint density at radius 2 is 1.75 bits per heavy atom. The molecule has 3 heterocycles. The Labute approximate surface area is 197 Å². The summed E-state index contributed by atoms with van der Waals surface area (Å²) in [6.07, 6.45) is 4.46. The van der Waals surface area contributed by atoms with Crippen molar-refractivity contribution in [3.63, 3.8) is 0 Å². The largest absolute Gasteiger partial charge is 0.325 e. The second kappa shape index (κ2) is 8.73. The highest BCUT2D eigenvalue weighted by molar-refractivity contribution is 6.36. The van der Waals surface area contributed by atoms with E-state index in [0.717, 1.165) is 57.1 Å². The van der Waals surface area contributed by atoms with E-state index in [4.69, 9.17) is 33.2 Å². The van der Waals surface area contributed by atoms with Gasteiger partial charge in [0.1, 0.15) is 11.6 Å². The van der Waals surface area contributed by atoms with Crippen molar-refractivity contribution in [1.29, 1.82) is 0 Å². The zero-order valence-electron chi connectivity index (χ0n) is 17.4. The van der Waals surface area contributed by atoms with E-state index in [1.54, 1.807) is 6.20 Å². The van der Waals surface area contributed by atoms with Gasteiger partial charge in [0, 0.05) is 44.7 Å². The number of nitrogens with one attached hydrogen (secondary N) is 1. The molecule has 0 saturated heterocycles. The van der Waals surface area contributed by atoms with E-state index in [2.05, 4.69) is 23.3 Å². The number of fused-ring (bicyclic) bond motifs is 3. The lowest BCUT2D eigenvalue weighted by atomic mass is 9.89. The molecule has 0 spiro atoms. The summed E-state index contributed by atoms with van der Waals surface area (Å²) in [6, 6.07) is 19.5. The third kappa shape index (κ3) is 3.77. The van der Waals surface area contributed by atoms with Crippen LogP contribution in [0, 0.1) is 0 Å². The highest BCUT2D eigenvalue weighted by Crippen LogP contribution is 2.39. The van der Waals surface area contributed by atoms with Crippen LogP contribution in [0.15, 0.2) is 78.0 Å². The number of pyridine rings is 2. The van der Waals surface area contributed by atoms with Gasteiger partial charge in [-0.3, -0.25) is 4.99 Å². The van der Waals surface area contributed by atoms with Crippen LogP contribution in [0.3, 0.4) is 0 Å². The molecule has 0 unspecified atom stereocenters. The molecule has 0 saturated carbocycles. The van der Waals surface area contributed by atoms with Crippen LogP contribution in [0.25, 0.3) is 11.1 Å². The summed E-state index contributed by atoms with van der Waals surface area (Å²) in [4.78, 5) is 14.1. The summed E-state index contributed by atoms with van der Waals surface area (Å²) >= 11 is 13.0. The molecular formula is C26H20Cl2N4. The molecule has 4 nitrogen and oxygen atoms in total. The number of halogens is 2. The SMILES string of the molecule is CCc1c(Nc2ccccn2)ncc2c1-c1ccc(Cl)cc1C(c1ccccc1Cl)=NC2. The Balaban J connectivity index is 1.72. The Bertz CT molecular complexity index is 1330. The standard InChI is InChI=1S/C26H20Cl2N4/c1-2-18-24-16(15-31-26(18)32-23-9-5-6-12-29-23)14-30-25(20-7-3-4-8-22(20)28)21-13-17(27)10-11-19(21)24/h3-13,15H,2,14H2,1H3,(H,29,31,32). The average molecular weight is 459 g/mol. The van der Waals surface area contributed by atoms with Crippen LogP contribution in [0.5, 0.6) is 0 Å². The molecule has 6 heteroatoms. The molecule has 4 aromatic rings. The molecule has 0 bridgehead atoms. The second-order valence-corrected chi connectivity index (χ2v) is 8.36. The zero-order chi connectivity index (χ0) is 22.1. The second-order valence-electron chi connectivity index (χ2n) is 7.51. The average Bonchev–Trinajstić information content (AvgIpc) is 2.97. The Morgan fingerprint density at radius 1 is 0.906 bits per heavy atom. The summed E-state index contributed by atoms with van der Waals surface area (Å²) < 4.78 is 0. The van der Waals surface area contributed by atoms with E-state index >= 15 is 0 Å². The maximum Gasteiger partial charge on any atom is 0.135 e. The number of hydrogen-bond acceptors (Lipinski definition) is 4.